The second kappa shape index (κ2) is 12.2. The molecule has 0 aromatic rings. The quantitative estimate of drug-likeness (QED) is 0.539. The third kappa shape index (κ3) is 10.6. The second-order valence-electron chi connectivity index (χ2n) is 3.69. The average Bonchev–Trinajstić information content (AvgIpc) is 2.34. The lowest BCUT2D eigenvalue weighted by atomic mass is 10.2. The normalized spacial score (nSPS) is 13.9. The van der Waals surface area contributed by atoms with E-state index in [1.807, 2.05) is 0 Å². The Morgan fingerprint density at radius 3 is 2.71 bits per heavy atom. The molecule has 0 saturated carbocycles. The van der Waals surface area contributed by atoms with Gasteiger partial charge in [0.15, 0.2) is 5.16 Å². The summed E-state index contributed by atoms with van der Waals surface area (Å²) in [4.78, 5) is 0. The van der Waals surface area contributed by atoms with Crippen molar-refractivity contribution < 1.29 is 18.1 Å². The van der Waals surface area contributed by atoms with Crippen LogP contribution in [0, 0.1) is 0 Å². The molecule has 0 radical (unpaired) electrons. The van der Waals surface area contributed by atoms with Gasteiger partial charge in [0.1, 0.15) is 0 Å². The van der Waals surface area contributed by atoms with Gasteiger partial charge in [-0.25, -0.2) is 0 Å². The molecule has 0 rings (SSSR count). The Hall–Kier alpha value is -0.260. The lowest BCUT2D eigenvalue weighted by Gasteiger charge is -2.01. The summed E-state index contributed by atoms with van der Waals surface area (Å²) in [5.74, 6) is 0.403. The molecule has 0 heterocycles. The van der Waals surface area contributed by atoms with Crippen molar-refractivity contribution in [3.05, 3.63) is 11.2 Å². The molecule has 0 aromatic carbocycles. The molecule has 1 unspecified atom stereocenters. The zero-order valence-corrected chi connectivity index (χ0v) is 11.6. The Labute approximate surface area is 106 Å². The molecule has 0 aromatic heterocycles. The van der Waals surface area contributed by atoms with E-state index in [9.17, 15) is 8.60 Å². The highest BCUT2D eigenvalue weighted by Gasteiger charge is 2.05. The van der Waals surface area contributed by atoms with Crippen molar-refractivity contribution in [2.45, 2.75) is 32.6 Å². The maximum absolute atomic E-state index is 13.3. The van der Waals surface area contributed by atoms with Gasteiger partial charge in [0.05, 0.1) is 30.6 Å². The van der Waals surface area contributed by atoms with Crippen LogP contribution in [0.2, 0.25) is 0 Å². The van der Waals surface area contributed by atoms with E-state index in [-0.39, 0.29) is 6.61 Å². The van der Waals surface area contributed by atoms with E-state index in [2.05, 4.69) is 6.92 Å². The summed E-state index contributed by atoms with van der Waals surface area (Å²) in [7, 11) is 0.0823. The van der Waals surface area contributed by atoms with Crippen LogP contribution in [0.3, 0.4) is 0 Å². The third-order valence-electron chi connectivity index (χ3n) is 2.19. The average molecular weight is 266 g/mol. The van der Waals surface area contributed by atoms with Crippen LogP contribution in [-0.2, 0) is 20.3 Å². The number of hydrogen-bond donors (Lipinski definition) is 0. The number of methoxy groups -OCH3 is 1. The molecule has 0 saturated heterocycles. The van der Waals surface area contributed by atoms with Crippen LogP contribution in [0.25, 0.3) is 0 Å². The van der Waals surface area contributed by atoms with Gasteiger partial charge in [-0.3, -0.25) is 4.21 Å². The fourth-order valence-corrected chi connectivity index (χ4v) is 2.12. The van der Waals surface area contributed by atoms with Crippen LogP contribution >= 0.6 is 0 Å². The summed E-state index contributed by atoms with van der Waals surface area (Å²) in [6.07, 6.45) is 5.30. The van der Waals surface area contributed by atoms with Crippen molar-refractivity contribution in [3.63, 3.8) is 0 Å². The molecule has 0 fully saturated rings. The van der Waals surface area contributed by atoms with Crippen LogP contribution in [0.5, 0.6) is 0 Å². The van der Waals surface area contributed by atoms with Crippen molar-refractivity contribution in [2.75, 3.05) is 32.7 Å². The SMILES string of the molecule is CCCCCCS(=O)/C(F)=C/COCCOC. The van der Waals surface area contributed by atoms with Crippen LogP contribution in [0.1, 0.15) is 32.6 Å². The number of ether oxygens (including phenoxy) is 2. The van der Waals surface area contributed by atoms with E-state index in [1.165, 1.54) is 6.08 Å². The molecule has 3 nitrogen and oxygen atoms in total. The zero-order chi connectivity index (χ0) is 12.9. The number of halogens is 1. The van der Waals surface area contributed by atoms with Gasteiger partial charge in [-0.15, -0.1) is 0 Å². The minimum atomic E-state index is -1.49. The molecule has 102 valence electrons. The number of unbranched alkanes of at least 4 members (excludes halogenated alkanes) is 3. The van der Waals surface area contributed by atoms with Gasteiger partial charge in [-0.2, -0.15) is 4.39 Å². The van der Waals surface area contributed by atoms with Crippen molar-refractivity contribution in [1.82, 2.24) is 0 Å². The van der Waals surface area contributed by atoms with Crippen molar-refractivity contribution in [3.8, 4) is 0 Å². The van der Waals surface area contributed by atoms with Crippen molar-refractivity contribution in [2.24, 2.45) is 0 Å². The summed E-state index contributed by atoms with van der Waals surface area (Å²) < 4.78 is 34.5. The van der Waals surface area contributed by atoms with E-state index in [4.69, 9.17) is 9.47 Å². The van der Waals surface area contributed by atoms with Crippen molar-refractivity contribution >= 4 is 10.8 Å². The van der Waals surface area contributed by atoms with Crippen LogP contribution in [0.4, 0.5) is 4.39 Å². The Morgan fingerprint density at radius 1 is 1.29 bits per heavy atom. The maximum atomic E-state index is 13.3. The maximum Gasteiger partial charge on any atom is 0.185 e. The zero-order valence-electron chi connectivity index (χ0n) is 10.7. The van der Waals surface area contributed by atoms with Gasteiger partial charge in [-0.1, -0.05) is 26.2 Å². The fourth-order valence-electron chi connectivity index (χ4n) is 1.20. The molecule has 0 aliphatic carbocycles. The van der Waals surface area contributed by atoms with Gasteiger partial charge in [0.25, 0.3) is 0 Å². The lowest BCUT2D eigenvalue weighted by molar-refractivity contribution is 0.0850. The molecule has 5 heteroatoms. The van der Waals surface area contributed by atoms with Gasteiger partial charge in [0, 0.05) is 12.9 Å². The summed E-state index contributed by atoms with van der Waals surface area (Å²) >= 11 is 0. The molecule has 1 atom stereocenters. The molecular formula is C12H23FO3S. The summed E-state index contributed by atoms with van der Waals surface area (Å²) in [6, 6.07) is 0. The summed E-state index contributed by atoms with van der Waals surface area (Å²) in [6.45, 7) is 3.16. The van der Waals surface area contributed by atoms with E-state index >= 15 is 0 Å². The predicted octanol–water partition coefficient (Wildman–Crippen LogP) is 2.79. The first-order valence-electron chi connectivity index (χ1n) is 6.03. The van der Waals surface area contributed by atoms with Crippen LogP contribution in [-0.4, -0.2) is 36.9 Å². The molecule has 17 heavy (non-hydrogen) atoms. The summed E-state index contributed by atoms with van der Waals surface area (Å²) in [5.41, 5.74) is 0. The minimum Gasteiger partial charge on any atom is -0.382 e. The van der Waals surface area contributed by atoms with Crippen LogP contribution < -0.4 is 0 Å². The monoisotopic (exact) mass is 266 g/mol. The Balaban J connectivity index is 3.60. The molecular weight excluding hydrogens is 243 g/mol. The smallest absolute Gasteiger partial charge is 0.185 e. The highest BCUT2D eigenvalue weighted by atomic mass is 32.2. The van der Waals surface area contributed by atoms with E-state index < -0.39 is 16.0 Å². The first kappa shape index (κ1) is 16.7. The van der Waals surface area contributed by atoms with Crippen molar-refractivity contribution in [1.29, 1.82) is 0 Å². The van der Waals surface area contributed by atoms with Gasteiger partial charge in [-0.05, 0) is 12.5 Å². The third-order valence-corrected chi connectivity index (χ3v) is 3.46. The minimum absolute atomic E-state index is 0.149. The van der Waals surface area contributed by atoms with Crippen LogP contribution in [0.15, 0.2) is 11.2 Å². The topological polar surface area (TPSA) is 35.5 Å². The van der Waals surface area contributed by atoms with E-state index in [1.54, 1.807) is 7.11 Å². The molecule has 0 aliphatic heterocycles. The second-order valence-corrected chi connectivity index (χ2v) is 5.18. The van der Waals surface area contributed by atoms with E-state index in [0.717, 1.165) is 25.7 Å². The first-order chi connectivity index (χ1) is 8.22. The number of rotatable bonds is 11. The summed E-state index contributed by atoms with van der Waals surface area (Å²) in [5, 5.41) is -0.570. The van der Waals surface area contributed by atoms with Gasteiger partial charge in [0.2, 0.25) is 0 Å². The molecule has 0 bridgehead atoms. The standard InChI is InChI=1S/C12H23FO3S/c1-3-4-5-6-11-17(14)12(13)7-8-16-10-9-15-2/h7H,3-6,8-11H2,1-2H3/b12-7+. The predicted molar refractivity (Wildman–Crippen MR) is 69.0 cm³/mol. The largest absolute Gasteiger partial charge is 0.382 e. The number of hydrogen-bond acceptors (Lipinski definition) is 3. The molecule has 0 aliphatic rings. The highest BCUT2D eigenvalue weighted by molar-refractivity contribution is 7.88. The molecule has 0 N–H and O–H groups in total. The molecule has 0 spiro atoms. The Bertz CT molecular complexity index is 232. The highest BCUT2D eigenvalue weighted by Crippen LogP contribution is 2.08. The van der Waals surface area contributed by atoms with Gasteiger partial charge < -0.3 is 9.47 Å². The molecule has 0 amide bonds. The van der Waals surface area contributed by atoms with Gasteiger partial charge >= 0.3 is 0 Å². The fraction of sp³-hybridized carbons (Fsp3) is 0.833. The Kier molecular flexibility index (Phi) is 12.0. The van der Waals surface area contributed by atoms with E-state index in [0.29, 0.717) is 19.0 Å². The Morgan fingerprint density at radius 2 is 2.06 bits per heavy atom. The first-order valence-corrected chi connectivity index (χ1v) is 7.35. The lowest BCUT2D eigenvalue weighted by Crippen LogP contribution is -2.03.